The fourth-order valence-electron chi connectivity index (χ4n) is 3.22. The normalized spacial score (nSPS) is 11.1. The van der Waals surface area contributed by atoms with Gasteiger partial charge in [-0.25, -0.2) is 4.39 Å². The standard InChI is InChI=1S/C22H19ClFN3O/c1-13-3-7-19(24)22-21(13)17(14(2)27-22)9-10-26-20(28)8-5-15-4-6-16(12-25)18(23)11-15/h3-8,11,27H,9-10H2,1-2H3,(H,26,28)/b8-5+. The number of aromatic amines is 1. The molecule has 1 aromatic heterocycles. The number of nitrogens with zero attached hydrogens (tertiary/aromatic N) is 1. The first-order valence-corrected chi connectivity index (χ1v) is 9.20. The highest BCUT2D eigenvalue weighted by Gasteiger charge is 2.13. The third kappa shape index (κ3) is 4.08. The van der Waals surface area contributed by atoms with Crippen LogP contribution in [0.5, 0.6) is 0 Å². The van der Waals surface area contributed by atoms with Gasteiger partial charge in [0.1, 0.15) is 11.9 Å². The van der Waals surface area contributed by atoms with E-state index in [0.717, 1.165) is 27.8 Å². The van der Waals surface area contributed by atoms with E-state index in [0.29, 0.717) is 29.1 Å². The van der Waals surface area contributed by atoms with Crippen LogP contribution < -0.4 is 5.32 Å². The van der Waals surface area contributed by atoms with Crippen LogP contribution in [0.1, 0.15) is 27.9 Å². The number of carbonyl (C=O) groups is 1. The smallest absolute Gasteiger partial charge is 0.244 e. The van der Waals surface area contributed by atoms with Crippen LogP contribution in [-0.4, -0.2) is 17.4 Å². The Kier molecular flexibility index (Phi) is 5.81. The van der Waals surface area contributed by atoms with Crippen LogP contribution in [0, 0.1) is 31.0 Å². The Balaban J connectivity index is 1.64. The van der Waals surface area contributed by atoms with E-state index in [9.17, 15) is 9.18 Å². The van der Waals surface area contributed by atoms with Crippen molar-refractivity contribution in [1.82, 2.24) is 10.3 Å². The quantitative estimate of drug-likeness (QED) is 0.608. The highest BCUT2D eigenvalue weighted by atomic mass is 35.5. The molecule has 2 aromatic carbocycles. The van der Waals surface area contributed by atoms with Crippen molar-refractivity contribution >= 4 is 34.5 Å². The maximum Gasteiger partial charge on any atom is 0.244 e. The molecule has 0 unspecified atom stereocenters. The first-order chi connectivity index (χ1) is 13.4. The fraction of sp³-hybridized carbons (Fsp3) is 0.182. The molecule has 0 bridgehead atoms. The van der Waals surface area contributed by atoms with Gasteiger partial charge in [0.05, 0.1) is 16.1 Å². The molecule has 2 N–H and O–H groups in total. The zero-order valence-corrected chi connectivity index (χ0v) is 16.3. The van der Waals surface area contributed by atoms with Gasteiger partial charge in [0.15, 0.2) is 0 Å². The highest BCUT2D eigenvalue weighted by Crippen LogP contribution is 2.27. The van der Waals surface area contributed by atoms with Crippen LogP contribution in [0.25, 0.3) is 17.0 Å². The van der Waals surface area contributed by atoms with Gasteiger partial charge < -0.3 is 10.3 Å². The molecule has 0 aliphatic heterocycles. The van der Waals surface area contributed by atoms with Gasteiger partial charge in [-0.15, -0.1) is 0 Å². The number of rotatable bonds is 5. The molecule has 1 heterocycles. The molecule has 0 atom stereocenters. The highest BCUT2D eigenvalue weighted by molar-refractivity contribution is 6.31. The molecule has 0 saturated heterocycles. The summed E-state index contributed by atoms with van der Waals surface area (Å²) in [5.41, 5.74) is 4.55. The van der Waals surface area contributed by atoms with E-state index in [1.165, 1.54) is 12.1 Å². The van der Waals surface area contributed by atoms with Crippen LogP contribution in [0.2, 0.25) is 5.02 Å². The number of hydrogen-bond donors (Lipinski definition) is 2. The predicted molar refractivity (Wildman–Crippen MR) is 110 cm³/mol. The second kappa shape index (κ2) is 8.28. The van der Waals surface area contributed by atoms with Crippen molar-refractivity contribution in [3.63, 3.8) is 0 Å². The zero-order chi connectivity index (χ0) is 20.3. The van der Waals surface area contributed by atoms with Crippen LogP contribution in [-0.2, 0) is 11.2 Å². The molecule has 0 saturated carbocycles. The maximum absolute atomic E-state index is 14.0. The lowest BCUT2D eigenvalue weighted by Crippen LogP contribution is -2.23. The number of halogens is 2. The summed E-state index contributed by atoms with van der Waals surface area (Å²) in [5, 5.41) is 13.0. The van der Waals surface area contributed by atoms with E-state index >= 15 is 0 Å². The topological polar surface area (TPSA) is 68.7 Å². The van der Waals surface area contributed by atoms with E-state index < -0.39 is 0 Å². The summed E-state index contributed by atoms with van der Waals surface area (Å²) in [7, 11) is 0. The van der Waals surface area contributed by atoms with Gasteiger partial charge in [0, 0.05) is 23.7 Å². The zero-order valence-electron chi connectivity index (χ0n) is 15.6. The minimum atomic E-state index is -0.275. The minimum Gasteiger partial charge on any atom is -0.356 e. The molecule has 3 rings (SSSR count). The Morgan fingerprint density at radius 1 is 1.32 bits per heavy atom. The molecule has 0 aliphatic rings. The average Bonchev–Trinajstić information content (AvgIpc) is 3.01. The first kappa shape index (κ1) is 19.7. The van der Waals surface area contributed by atoms with Gasteiger partial charge in [-0.3, -0.25) is 4.79 Å². The Morgan fingerprint density at radius 2 is 2.11 bits per heavy atom. The third-order valence-corrected chi connectivity index (χ3v) is 4.96. The summed E-state index contributed by atoms with van der Waals surface area (Å²) in [5.74, 6) is -0.510. The van der Waals surface area contributed by atoms with Gasteiger partial charge in [-0.2, -0.15) is 5.26 Å². The third-order valence-electron chi connectivity index (χ3n) is 4.64. The maximum atomic E-state index is 14.0. The molecule has 0 radical (unpaired) electrons. The molecule has 0 aliphatic carbocycles. The number of H-pyrrole nitrogens is 1. The predicted octanol–water partition coefficient (Wildman–Crippen LogP) is 4.82. The van der Waals surface area contributed by atoms with Crippen LogP contribution >= 0.6 is 11.6 Å². The number of hydrogen-bond acceptors (Lipinski definition) is 2. The first-order valence-electron chi connectivity index (χ1n) is 8.82. The van der Waals surface area contributed by atoms with E-state index in [1.54, 1.807) is 30.3 Å². The van der Waals surface area contributed by atoms with Crippen LogP contribution in [0.3, 0.4) is 0 Å². The largest absolute Gasteiger partial charge is 0.356 e. The summed E-state index contributed by atoms with van der Waals surface area (Å²) < 4.78 is 14.0. The lowest BCUT2D eigenvalue weighted by atomic mass is 10.0. The van der Waals surface area contributed by atoms with Crippen molar-refractivity contribution in [2.45, 2.75) is 20.3 Å². The van der Waals surface area contributed by atoms with Gasteiger partial charge in [0.2, 0.25) is 5.91 Å². The van der Waals surface area contributed by atoms with Crippen LogP contribution in [0.15, 0.2) is 36.4 Å². The number of carbonyl (C=O) groups excluding carboxylic acids is 1. The number of nitrogens with one attached hydrogen (secondary N) is 2. The number of nitriles is 1. The van der Waals surface area contributed by atoms with Gasteiger partial charge in [0.25, 0.3) is 0 Å². The second-order valence-corrected chi connectivity index (χ2v) is 6.98. The molecular weight excluding hydrogens is 377 g/mol. The minimum absolute atomic E-state index is 0.235. The molecule has 0 spiro atoms. The number of aromatic nitrogens is 1. The lowest BCUT2D eigenvalue weighted by Gasteiger charge is -2.05. The fourth-order valence-corrected chi connectivity index (χ4v) is 3.45. The number of fused-ring (bicyclic) bond motifs is 1. The van der Waals surface area contributed by atoms with Gasteiger partial charge in [-0.1, -0.05) is 23.7 Å². The molecule has 1 amide bonds. The molecular formula is C22H19ClFN3O. The molecule has 6 heteroatoms. The Hall–Kier alpha value is -3.10. The van der Waals surface area contributed by atoms with Crippen LogP contribution in [0.4, 0.5) is 4.39 Å². The van der Waals surface area contributed by atoms with E-state index in [2.05, 4.69) is 10.3 Å². The van der Waals surface area contributed by atoms with E-state index in [4.69, 9.17) is 16.9 Å². The summed E-state index contributed by atoms with van der Waals surface area (Å²) in [4.78, 5) is 15.2. The Labute approximate surface area is 167 Å². The lowest BCUT2D eigenvalue weighted by molar-refractivity contribution is -0.116. The van der Waals surface area contributed by atoms with Gasteiger partial charge in [-0.05, 0) is 61.2 Å². The van der Waals surface area contributed by atoms with Crippen molar-refractivity contribution in [1.29, 1.82) is 5.26 Å². The molecule has 4 nitrogen and oxygen atoms in total. The summed E-state index contributed by atoms with van der Waals surface area (Å²) in [6, 6.07) is 10.2. The van der Waals surface area contributed by atoms with Gasteiger partial charge >= 0.3 is 0 Å². The summed E-state index contributed by atoms with van der Waals surface area (Å²) >= 11 is 5.99. The number of aryl methyl sites for hydroxylation is 2. The number of benzene rings is 2. The van der Waals surface area contributed by atoms with E-state index in [1.807, 2.05) is 19.9 Å². The molecule has 3 aromatic rings. The second-order valence-electron chi connectivity index (χ2n) is 6.57. The monoisotopic (exact) mass is 395 g/mol. The van der Waals surface area contributed by atoms with Crippen molar-refractivity contribution in [3.05, 3.63) is 75.2 Å². The van der Waals surface area contributed by atoms with E-state index in [-0.39, 0.29) is 11.7 Å². The average molecular weight is 396 g/mol. The summed E-state index contributed by atoms with van der Waals surface area (Å²) in [6.07, 6.45) is 3.65. The number of amides is 1. The summed E-state index contributed by atoms with van der Waals surface area (Å²) in [6.45, 7) is 4.29. The SMILES string of the molecule is Cc1[nH]c2c(F)ccc(C)c2c1CCNC(=O)/C=C/c1ccc(C#N)c(Cl)c1. The Bertz CT molecular complexity index is 1120. The Morgan fingerprint density at radius 3 is 2.82 bits per heavy atom. The molecule has 28 heavy (non-hydrogen) atoms. The van der Waals surface area contributed by atoms with Crippen molar-refractivity contribution in [3.8, 4) is 6.07 Å². The van der Waals surface area contributed by atoms with Crippen molar-refractivity contribution in [2.24, 2.45) is 0 Å². The molecule has 0 fully saturated rings. The van der Waals surface area contributed by atoms with Crippen molar-refractivity contribution in [2.75, 3.05) is 6.54 Å². The molecule has 142 valence electrons. The van der Waals surface area contributed by atoms with Crippen molar-refractivity contribution < 1.29 is 9.18 Å².